The van der Waals surface area contributed by atoms with E-state index in [-0.39, 0.29) is 11.9 Å². The second-order valence-corrected chi connectivity index (χ2v) is 6.87. The van der Waals surface area contributed by atoms with Crippen molar-refractivity contribution in [3.8, 4) is 0 Å². The van der Waals surface area contributed by atoms with Crippen LogP contribution in [0, 0.1) is 5.92 Å². The van der Waals surface area contributed by atoms with Crippen LogP contribution in [0.1, 0.15) is 30.1 Å². The number of hydrogen-bond donors (Lipinski definition) is 3. The van der Waals surface area contributed by atoms with Crippen molar-refractivity contribution in [3.63, 3.8) is 0 Å². The van der Waals surface area contributed by atoms with Crippen LogP contribution in [0.5, 0.6) is 0 Å². The first-order chi connectivity index (χ1) is 12.1. The van der Waals surface area contributed by atoms with Gasteiger partial charge in [-0.3, -0.25) is 4.79 Å². The van der Waals surface area contributed by atoms with Crippen molar-refractivity contribution < 1.29 is 9.59 Å². The van der Waals surface area contributed by atoms with Crippen LogP contribution in [0.3, 0.4) is 0 Å². The number of carbonyl (C=O) groups is 2. The predicted octanol–water partition coefficient (Wildman–Crippen LogP) is 2.10. The summed E-state index contributed by atoms with van der Waals surface area (Å²) in [6, 6.07) is 6.66. The van der Waals surface area contributed by atoms with Gasteiger partial charge in [-0.2, -0.15) is 0 Å². The lowest BCUT2D eigenvalue weighted by Crippen LogP contribution is -2.44. The number of likely N-dealkylation sites (tertiary alicyclic amines) is 1. The number of rotatable bonds is 7. The van der Waals surface area contributed by atoms with Gasteiger partial charge in [0.25, 0.3) is 5.91 Å². The molecule has 0 radical (unpaired) electrons. The van der Waals surface area contributed by atoms with E-state index < -0.39 is 0 Å². The standard InChI is InChI=1S/C18H27ClN4O2/c1-14-5-4-11-23(13-14)12-10-22-18(25)21-9-8-20-17(24)15-6-2-3-7-16(15)19/h2-3,6-7,14H,4-5,8-13H2,1H3,(H,20,24)(H2,21,22,25)/t14-/m0/s1. The molecule has 1 heterocycles. The minimum atomic E-state index is -0.243. The summed E-state index contributed by atoms with van der Waals surface area (Å²) in [6.45, 7) is 6.71. The zero-order valence-electron chi connectivity index (χ0n) is 14.7. The third kappa shape index (κ3) is 6.92. The largest absolute Gasteiger partial charge is 0.350 e. The molecular formula is C18H27ClN4O2. The van der Waals surface area contributed by atoms with Gasteiger partial charge in [0.1, 0.15) is 0 Å². The Labute approximate surface area is 154 Å². The van der Waals surface area contributed by atoms with Gasteiger partial charge >= 0.3 is 6.03 Å². The molecule has 25 heavy (non-hydrogen) atoms. The van der Waals surface area contributed by atoms with Crippen LogP contribution in [0.15, 0.2) is 24.3 Å². The summed E-state index contributed by atoms with van der Waals surface area (Å²) in [4.78, 5) is 26.1. The Morgan fingerprint density at radius 2 is 1.88 bits per heavy atom. The molecule has 2 rings (SSSR count). The van der Waals surface area contributed by atoms with Gasteiger partial charge in [0.15, 0.2) is 0 Å². The molecule has 1 fully saturated rings. The zero-order valence-corrected chi connectivity index (χ0v) is 15.4. The molecule has 3 amide bonds. The number of urea groups is 1. The van der Waals surface area contributed by atoms with E-state index in [0.29, 0.717) is 30.2 Å². The number of amides is 3. The quantitative estimate of drug-likeness (QED) is 0.647. The summed E-state index contributed by atoms with van der Waals surface area (Å²) in [5.74, 6) is 0.497. The summed E-state index contributed by atoms with van der Waals surface area (Å²) < 4.78 is 0. The van der Waals surface area contributed by atoms with Gasteiger partial charge in [0.2, 0.25) is 0 Å². The molecule has 1 atom stereocenters. The smallest absolute Gasteiger partial charge is 0.314 e. The Hall–Kier alpha value is -1.79. The Kier molecular flexibility index (Phi) is 8.01. The maximum atomic E-state index is 12.0. The first-order valence-corrected chi connectivity index (χ1v) is 9.21. The highest BCUT2D eigenvalue weighted by molar-refractivity contribution is 6.33. The molecule has 0 aromatic heterocycles. The van der Waals surface area contributed by atoms with Crippen LogP contribution in [0.25, 0.3) is 0 Å². The molecule has 1 aliphatic heterocycles. The summed E-state index contributed by atoms with van der Waals surface area (Å²) in [5, 5.41) is 8.73. The topological polar surface area (TPSA) is 73.5 Å². The van der Waals surface area contributed by atoms with E-state index in [1.54, 1.807) is 24.3 Å². The Morgan fingerprint density at radius 1 is 1.16 bits per heavy atom. The molecule has 1 aromatic carbocycles. The van der Waals surface area contributed by atoms with Gasteiger partial charge in [0, 0.05) is 32.7 Å². The summed E-state index contributed by atoms with van der Waals surface area (Å²) in [7, 11) is 0. The lowest BCUT2D eigenvalue weighted by molar-refractivity contribution is 0.0954. The average Bonchev–Trinajstić information content (AvgIpc) is 2.59. The van der Waals surface area contributed by atoms with Gasteiger partial charge in [-0.25, -0.2) is 4.79 Å². The maximum absolute atomic E-state index is 12.0. The normalized spacial score (nSPS) is 17.8. The van der Waals surface area contributed by atoms with Crippen molar-refractivity contribution in [2.75, 3.05) is 39.3 Å². The zero-order chi connectivity index (χ0) is 18.1. The molecular weight excluding hydrogens is 340 g/mol. The van der Waals surface area contributed by atoms with Gasteiger partial charge in [-0.15, -0.1) is 0 Å². The third-order valence-corrected chi connectivity index (χ3v) is 4.60. The first kappa shape index (κ1) is 19.5. The SMILES string of the molecule is C[C@H]1CCCN(CCNC(=O)NCCNC(=O)c2ccccc2Cl)C1. The van der Waals surface area contributed by atoms with Gasteiger partial charge in [0.05, 0.1) is 10.6 Å². The van der Waals surface area contributed by atoms with Crippen molar-refractivity contribution in [2.45, 2.75) is 19.8 Å². The fraction of sp³-hybridized carbons (Fsp3) is 0.556. The van der Waals surface area contributed by atoms with E-state index in [2.05, 4.69) is 27.8 Å². The molecule has 0 unspecified atom stereocenters. The Balaban J connectivity index is 1.55. The van der Waals surface area contributed by atoms with Crippen molar-refractivity contribution in [1.82, 2.24) is 20.9 Å². The van der Waals surface area contributed by atoms with E-state index in [4.69, 9.17) is 11.6 Å². The van der Waals surface area contributed by atoms with Crippen LogP contribution in [0.4, 0.5) is 4.79 Å². The number of hydrogen-bond acceptors (Lipinski definition) is 3. The van der Waals surface area contributed by atoms with E-state index in [1.165, 1.54) is 12.8 Å². The number of piperidine rings is 1. The summed E-state index contributed by atoms with van der Waals surface area (Å²) in [5.41, 5.74) is 0.435. The second-order valence-electron chi connectivity index (χ2n) is 6.47. The lowest BCUT2D eigenvalue weighted by Gasteiger charge is -2.30. The molecule has 1 aromatic rings. The van der Waals surface area contributed by atoms with Crippen LogP contribution in [-0.2, 0) is 0 Å². The number of carbonyl (C=O) groups excluding carboxylic acids is 2. The first-order valence-electron chi connectivity index (χ1n) is 8.83. The third-order valence-electron chi connectivity index (χ3n) is 4.27. The second kappa shape index (κ2) is 10.3. The van der Waals surface area contributed by atoms with Crippen LogP contribution >= 0.6 is 11.6 Å². The highest BCUT2D eigenvalue weighted by atomic mass is 35.5. The van der Waals surface area contributed by atoms with Crippen molar-refractivity contribution >= 4 is 23.5 Å². The van der Waals surface area contributed by atoms with Gasteiger partial charge < -0.3 is 20.9 Å². The van der Waals surface area contributed by atoms with E-state index >= 15 is 0 Å². The minimum absolute atomic E-state index is 0.211. The summed E-state index contributed by atoms with van der Waals surface area (Å²) >= 11 is 5.97. The number of nitrogens with one attached hydrogen (secondary N) is 3. The Morgan fingerprint density at radius 3 is 2.64 bits per heavy atom. The molecule has 0 aliphatic carbocycles. The maximum Gasteiger partial charge on any atom is 0.314 e. The molecule has 0 saturated carbocycles. The summed E-state index contributed by atoms with van der Waals surface area (Å²) in [6.07, 6.45) is 2.53. The average molecular weight is 367 g/mol. The Bertz CT molecular complexity index is 582. The lowest BCUT2D eigenvalue weighted by atomic mass is 10.0. The molecule has 1 saturated heterocycles. The minimum Gasteiger partial charge on any atom is -0.350 e. The van der Waals surface area contributed by atoms with E-state index in [9.17, 15) is 9.59 Å². The van der Waals surface area contributed by atoms with Gasteiger partial charge in [-0.1, -0.05) is 30.7 Å². The van der Waals surface area contributed by atoms with Crippen LogP contribution in [-0.4, -0.2) is 56.1 Å². The number of nitrogens with zero attached hydrogens (tertiary/aromatic N) is 1. The van der Waals surface area contributed by atoms with Crippen LogP contribution < -0.4 is 16.0 Å². The van der Waals surface area contributed by atoms with Gasteiger partial charge in [-0.05, 0) is 37.4 Å². The van der Waals surface area contributed by atoms with Crippen LogP contribution in [0.2, 0.25) is 5.02 Å². The molecule has 3 N–H and O–H groups in total. The monoisotopic (exact) mass is 366 g/mol. The van der Waals surface area contributed by atoms with Crippen molar-refractivity contribution in [1.29, 1.82) is 0 Å². The highest BCUT2D eigenvalue weighted by Crippen LogP contribution is 2.15. The number of halogens is 1. The van der Waals surface area contributed by atoms with Crippen molar-refractivity contribution in [3.05, 3.63) is 34.9 Å². The fourth-order valence-corrected chi connectivity index (χ4v) is 3.19. The fourth-order valence-electron chi connectivity index (χ4n) is 2.97. The predicted molar refractivity (Wildman–Crippen MR) is 100 cm³/mol. The molecule has 7 heteroatoms. The van der Waals surface area contributed by atoms with Crippen molar-refractivity contribution in [2.24, 2.45) is 5.92 Å². The van der Waals surface area contributed by atoms with E-state index in [0.717, 1.165) is 25.6 Å². The molecule has 0 bridgehead atoms. The molecule has 6 nitrogen and oxygen atoms in total. The molecule has 138 valence electrons. The highest BCUT2D eigenvalue weighted by Gasteiger charge is 2.15. The molecule has 0 spiro atoms. The number of benzene rings is 1. The molecule has 1 aliphatic rings. The van der Waals surface area contributed by atoms with E-state index in [1.807, 2.05) is 0 Å².